The number of esters is 1. The number of nitrogens with zero attached hydrogens (tertiary/aromatic N) is 1. The molecule has 4 rings (SSSR count). The van der Waals surface area contributed by atoms with Crippen molar-refractivity contribution in [2.24, 2.45) is 0 Å². The van der Waals surface area contributed by atoms with E-state index in [1.807, 2.05) is 60.7 Å². The maximum absolute atomic E-state index is 14.2. The van der Waals surface area contributed by atoms with Crippen LogP contribution in [0.25, 0.3) is 0 Å². The number of ether oxygens (including phenoxy) is 3. The average molecular weight is 502 g/mol. The molecular formula is C31H35NO5. The molecule has 0 saturated carbocycles. The van der Waals surface area contributed by atoms with Crippen LogP contribution in [-0.4, -0.2) is 43.6 Å². The molecule has 1 unspecified atom stereocenters. The Kier molecular flexibility index (Phi) is 7.30. The molecule has 1 aliphatic heterocycles. The number of fused-ring (bicyclic) bond motifs is 1. The monoisotopic (exact) mass is 501 g/mol. The van der Waals surface area contributed by atoms with Crippen molar-refractivity contribution in [2.75, 3.05) is 21.3 Å². The Bertz CT molecular complexity index is 1290. The molecule has 37 heavy (non-hydrogen) atoms. The topological polar surface area (TPSA) is 65.1 Å². The van der Waals surface area contributed by atoms with Crippen LogP contribution in [-0.2, 0) is 34.3 Å². The van der Waals surface area contributed by atoms with Crippen LogP contribution in [0.5, 0.6) is 11.5 Å². The summed E-state index contributed by atoms with van der Waals surface area (Å²) in [5.41, 5.74) is 2.96. The summed E-state index contributed by atoms with van der Waals surface area (Å²) in [4.78, 5) is 29.5. The van der Waals surface area contributed by atoms with E-state index in [9.17, 15) is 9.59 Å². The lowest BCUT2D eigenvalue weighted by atomic mass is 9.77. The number of amides is 1. The average Bonchev–Trinajstić information content (AvgIpc) is 2.91. The Morgan fingerprint density at radius 2 is 1.62 bits per heavy atom. The number of rotatable bonds is 6. The first kappa shape index (κ1) is 26.3. The summed E-state index contributed by atoms with van der Waals surface area (Å²) in [6.45, 7) is 6.57. The molecule has 0 fully saturated rings. The third-order valence-corrected chi connectivity index (χ3v) is 7.15. The Hall–Kier alpha value is -3.80. The molecule has 0 radical (unpaired) electrons. The molecule has 0 saturated heterocycles. The zero-order valence-corrected chi connectivity index (χ0v) is 22.5. The Balaban J connectivity index is 1.86. The lowest BCUT2D eigenvalue weighted by molar-refractivity contribution is -0.154. The summed E-state index contributed by atoms with van der Waals surface area (Å²) in [5.74, 6) is 0.657. The van der Waals surface area contributed by atoms with Crippen molar-refractivity contribution in [2.45, 2.75) is 51.1 Å². The van der Waals surface area contributed by atoms with Crippen molar-refractivity contribution in [1.82, 2.24) is 4.90 Å². The fourth-order valence-electron chi connectivity index (χ4n) is 5.18. The molecule has 0 aliphatic carbocycles. The first-order valence-corrected chi connectivity index (χ1v) is 12.4. The fourth-order valence-corrected chi connectivity index (χ4v) is 5.18. The van der Waals surface area contributed by atoms with Gasteiger partial charge in [-0.25, -0.2) is 4.79 Å². The molecule has 194 valence electrons. The van der Waals surface area contributed by atoms with Crippen LogP contribution in [0.3, 0.4) is 0 Å². The fraction of sp³-hybridized carbons (Fsp3) is 0.355. The lowest BCUT2D eigenvalue weighted by Gasteiger charge is -2.46. The third-order valence-electron chi connectivity index (χ3n) is 7.15. The summed E-state index contributed by atoms with van der Waals surface area (Å²) in [6.07, 6.45) is 0.629. The first-order chi connectivity index (χ1) is 17.6. The molecule has 3 aromatic rings. The smallest absolute Gasteiger partial charge is 0.332 e. The standard InChI is InChI=1S/C31H35NO5/c1-30(2,3)26-15-13-22(17-27(26)36-5)28(33)32-20-23-12-14-25(35-4)16-24(23)19-31(32,29(34)37-6)18-21-10-8-7-9-11-21/h7-17H,18-20H2,1-6H3. The van der Waals surface area contributed by atoms with E-state index < -0.39 is 11.5 Å². The Morgan fingerprint density at radius 3 is 2.24 bits per heavy atom. The van der Waals surface area contributed by atoms with Crippen LogP contribution in [0.2, 0.25) is 0 Å². The van der Waals surface area contributed by atoms with Crippen LogP contribution in [0.4, 0.5) is 0 Å². The van der Waals surface area contributed by atoms with Gasteiger partial charge in [0.25, 0.3) is 5.91 Å². The van der Waals surface area contributed by atoms with Crippen LogP contribution in [0.1, 0.15) is 53.4 Å². The number of methoxy groups -OCH3 is 3. The molecule has 1 heterocycles. The van der Waals surface area contributed by atoms with E-state index in [-0.39, 0.29) is 17.9 Å². The number of benzene rings is 3. The van der Waals surface area contributed by atoms with Crippen molar-refractivity contribution in [3.05, 3.63) is 94.5 Å². The number of carbonyl (C=O) groups excluding carboxylic acids is 2. The minimum Gasteiger partial charge on any atom is -0.497 e. The van der Waals surface area contributed by atoms with E-state index in [0.29, 0.717) is 29.9 Å². The van der Waals surface area contributed by atoms with Gasteiger partial charge in [-0.3, -0.25) is 4.79 Å². The molecule has 0 N–H and O–H groups in total. The maximum Gasteiger partial charge on any atom is 0.332 e. The third kappa shape index (κ3) is 5.06. The van der Waals surface area contributed by atoms with Gasteiger partial charge in [-0.2, -0.15) is 0 Å². The van der Waals surface area contributed by atoms with Crippen LogP contribution < -0.4 is 9.47 Å². The highest BCUT2D eigenvalue weighted by Gasteiger charge is 2.50. The minimum absolute atomic E-state index is 0.154. The molecule has 6 nitrogen and oxygen atoms in total. The van der Waals surface area contributed by atoms with E-state index in [0.717, 1.165) is 22.3 Å². The summed E-state index contributed by atoms with van der Waals surface area (Å²) in [7, 11) is 4.60. The molecule has 1 atom stereocenters. The van der Waals surface area contributed by atoms with Gasteiger partial charge >= 0.3 is 5.97 Å². The molecule has 0 bridgehead atoms. The quantitative estimate of drug-likeness (QED) is 0.426. The predicted molar refractivity (Wildman–Crippen MR) is 143 cm³/mol. The normalized spacial score (nSPS) is 17.1. The van der Waals surface area contributed by atoms with Crippen molar-refractivity contribution < 1.29 is 23.8 Å². The number of carbonyl (C=O) groups is 2. The summed E-state index contributed by atoms with van der Waals surface area (Å²) < 4.78 is 16.5. The largest absolute Gasteiger partial charge is 0.497 e. The van der Waals surface area contributed by atoms with Crippen molar-refractivity contribution in [1.29, 1.82) is 0 Å². The molecular weight excluding hydrogens is 466 g/mol. The van der Waals surface area contributed by atoms with Gasteiger partial charge in [0, 0.05) is 24.9 Å². The number of hydrogen-bond acceptors (Lipinski definition) is 5. The molecule has 0 spiro atoms. The van der Waals surface area contributed by atoms with Crippen molar-refractivity contribution in [3.8, 4) is 11.5 Å². The van der Waals surface area contributed by atoms with Gasteiger partial charge in [-0.1, -0.05) is 63.2 Å². The van der Waals surface area contributed by atoms with Gasteiger partial charge in [0.15, 0.2) is 0 Å². The minimum atomic E-state index is -1.23. The van der Waals surface area contributed by atoms with E-state index in [1.54, 1.807) is 25.2 Å². The van der Waals surface area contributed by atoms with Gasteiger partial charge in [-0.05, 0) is 51.9 Å². The molecule has 0 aromatic heterocycles. The second-order valence-electron chi connectivity index (χ2n) is 10.6. The van der Waals surface area contributed by atoms with Gasteiger partial charge in [0.05, 0.1) is 21.3 Å². The summed E-state index contributed by atoms with van der Waals surface area (Å²) >= 11 is 0. The first-order valence-electron chi connectivity index (χ1n) is 12.4. The SMILES string of the molecule is COC(=O)C1(Cc2ccccc2)Cc2cc(OC)ccc2CN1C(=O)c1ccc(C(C)(C)C)c(OC)c1. The second-order valence-corrected chi connectivity index (χ2v) is 10.6. The zero-order chi connectivity index (χ0) is 26.8. The van der Waals surface area contributed by atoms with Crippen molar-refractivity contribution >= 4 is 11.9 Å². The molecule has 1 aliphatic rings. The molecule has 1 amide bonds. The van der Waals surface area contributed by atoms with Crippen LogP contribution >= 0.6 is 0 Å². The number of hydrogen-bond donors (Lipinski definition) is 0. The predicted octanol–water partition coefficient (Wildman–Crippen LogP) is 5.35. The van der Waals surface area contributed by atoms with Gasteiger partial charge in [0.1, 0.15) is 17.0 Å². The summed E-state index contributed by atoms with van der Waals surface area (Å²) in [5, 5.41) is 0. The molecule has 6 heteroatoms. The second kappa shape index (κ2) is 10.3. The summed E-state index contributed by atoms with van der Waals surface area (Å²) in [6, 6.07) is 21.0. The maximum atomic E-state index is 14.2. The van der Waals surface area contributed by atoms with E-state index in [1.165, 1.54) is 7.11 Å². The van der Waals surface area contributed by atoms with Gasteiger partial charge < -0.3 is 19.1 Å². The van der Waals surface area contributed by atoms with Gasteiger partial charge in [-0.15, -0.1) is 0 Å². The highest BCUT2D eigenvalue weighted by Crippen LogP contribution is 2.39. The van der Waals surface area contributed by atoms with Crippen LogP contribution in [0.15, 0.2) is 66.7 Å². The van der Waals surface area contributed by atoms with Crippen LogP contribution in [0, 0.1) is 0 Å². The highest BCUT2D eigenvalue weighted by atomic mass is 16.5. The Morgan fingerprint density at radius 1 is 0.892 bits per heavy atom. The zero-order valence-electron chi connectivity index (χ0n) is 22.5. The highest BCUT2D eigenvalue weighted by molar-refractivity contribution is 5.99. The van der Waals surface area contributed by atoms with Crippen molar-refractivity contribution in [3.63, 3.8) is 0 Å². The lowest BCUT2D eigenvalue weighted by Crippen LogP contribution is -2.62. The van der Waals surface area contributed by atoms with E-state index in [4.69, 9.17) is 14.2 Å². The Labute approximate surface area is 219 Å². The van der Waals surface area contributed by atoms with E-state index in [2.05, 4.69) is 20.8 Å². The van der Waals surface area contributed by atoms with Gasteiger partial charge in [0.2, 0.25) is 0 Å². The van der Waals surface area contributed by atoms with E-state index >= 15 is 0 Å². The molecule has 3 aromatic carbocycles.